The van der Waals surface area contributed by atoms with Crippen molar-refractivity contribution in [1.82, 2.24) is 0 Å². The first-order chi connectivity index (χ1) is 15.4. The zero-order chi connectivity index (χ0) is 20.6. The van der Waals surface area contributed by atoms with Crippen LogP contribution in [0, 0.1) is 5.92 Å². The molecular formula is C31H24. The van der Waals surface area contributed by atoms with Crippen molar-refractivity contribution in [3.05, 3.63) is 155 Å². The van der Waals surface area contributed by atoms with E-state index in [-0.39, 0.29) is 0 Å². The largest absolute Gasteiger partial charge is 0.0804 e. The lowest BCUT2D eigenvalue weighted by Gasteiger charge is -2.29. The average Bonchev–Trinajstić information content (AvgIpc) is 3.47. The van der Waals surface area contributed by atoms with Crippen molar-refractivity contribution >= 4 is 11.1 Å². The maximum atomic E-state index is 2.35. The molecule has 0 fully saturated rings. The summed E-state index contributed by atoms with van der Waals surface area (Å²) in [5, 5.41) is 0. The Morgan fingerprint density at radius 1 is 0.645 bits per heavy atom. The van der Waals surface area contributed by atoms with E-state index in [1.165, 1.54) is 44.5 Å². The van der Waals surface area contributed by atoms with Crippen LogP contribution in [0.2, 0.25) is 0 Å². The van der Waals surface area contributed by atoms with Gasteiger partial charge >= 0.3 is 0 Å². The van der Waals surface area contributed by atoms with Gasteiger partial charge in [0.05, 0.1) is 0 Å². The molecule has 3 aliphatic carbocycles. The number of benzene rings is 3. The fourth-order valence-corrected chi connectivity index (χ4v) is 5.51. The minimum absolute atomic E-state index is 0.337. The summed E-state index contributed by atoms with van der Waals surface area (Å²) < 4.78 is 0. The van der Waals surface area contributed by atoms with E-state index in [1.54, 1.807) is 0 Å². The van der Waals surface area contributed by atoms with Crippen molar-refractivity contribution in [2.45, 2.75) is 12.3 Å². The quantitative estimate of drug-likeness (QED) is 0.425. The van der Waals surface area contributed by atoms with Crippen LogP contribution < -0.4 is 0 Å². The van der Waals surface area contributed by atoms with Gasteiger partial charge in [-0.3, -0.25) is 0 Å². The van der Waals surface area contributed by atoms with Crippen LogP contribution in [-0.2, 0) is 0 Å². The Morgan fingerprint density at radius 3 is 2.00 bits per heavy atom. The number of fused-ring (bicyclic) bond motifs is 3. The van der Waals surface area contributed by atoms with Gasteiger partial charge in [-0.2, -0.15) is 0 Å². The van der Waals surface area contributed by atoms with Crippen LogP contribution in [-0.4, -0.2) is 0 Å². The van der Waals surface area contributed by atoms with Crippen molar-refractivity contribution in [3.8, 4) is 0 Å². The third-order valence-corrected chi connectivity index (χ3v) is 6.77. The van der Waals surface area contributed by atoms with Crippen molar-refractivity contribution < 1.29 is 0 Å². The Kier molecular flexibility index (Phi) is 4.43. The topological polar surface area (TPSA) is 0 Å². The molecule has 0 amide bonds. The zero-order valence-corrected chi connectivity index (χ0v) is 17.4. The maximum Gasteiger partial charge on any atom is 0.0208 e. The van der Waals surface area contributed by atoms with E-state index in [0.717, 1.165) is 6.42 Å². The molecule has 2 atom stereocenters. The molecule has 0 nitrogen and oxygen atoms in total. The van der Waals surface area contributed by atoms with E-state index >= 15 is 0 Å². The summed E-state index contributed by atoms with van der Waals surface area (Å²) in [4.78, 5) is 0. The molecule has 31 heavy (non-hydrogen) atoms. The lowest BCUT2D eigenvalue weighted by Crippen LogP contribution is -2.15. The molecule has 2 unspecified atom stereocenters. The Morgan fingerprint density at radius 2 is 1.32 bits per heavy atom. The summed E-state index contributed by atoms with van der Waals surface area (Å²) in [5.74, 6) is 0.726. The summed E-state index contributed by atoms with van der Waals surface area (Å²) in [5.41, 5.74) is 11.2. The Bertz CT molecular complexity index is 1240. The van der Waals surface area contributed by atoms with Gasteiger partial charge in [0, 0.05) is 11.8 Å². The highest BCUT2D eigenvalue weighted by Gasteiger charge is 2.41. The van der Waals surface area contributed by atoms with Gasteiger partial charge in [-0.25, -0.2) is 0 Å². The van der Waals surface area contributed by atoms with E-state index in [9.17, 15) is 0 Å². The lowest BCUT2D eigenvalue weighted by molar-refractivity contribution is 0.687. The highest BCUT2D eigenvalue weighted by Crippen LogP contribution is 2.56. The second-order valence-electron chi connectivity index (χ2n) is 8.46. The fourth-order valence-electron chi connectivity index (χ4n) is 5.51. The molecule has 0 N–H and O–H groups in total. The van der Waals surface area contributed by atoms with Gasteiger partial charge < -0.3 is 0 Å². The molecule has 0 saturated heterocycles. The van der Waals surface area contributed by atoms with Gasteiger partial charge in [0.1, 0.15) is 0 Å². The van der Waals surface area contributed by atoms with Crippen LogP contribution in [0.5, 0.6) is 0 Å². The fraction of sp³-hybridized carbons (Fsp3) is 0.0968. The van der Waals surface area contributed by atoms with E-state index < -0.39 is 0 Å². The summed E-state index contributed by atoms with van der Waals surface area (Å²) in [6.45, 7) is 0. The summed E-state index contributed by atoms with van der Waals surface area (Å²) in [7, 11) is 0. The van der Waals surface area contributed by atoms with E-state index in [0.29, 0.717) is 11.8 Å². The Labute approximate surface area is 184 Å². The number of allylic oxidation sites excluding steroid dienone is 9. The molecule has 0 saturated carbocycles. The van der Waals surface area contributed by atoms with E-state index in [2.05, 4.69) is 121 Å². The van der Waals surface area contributed by atoms with Gasteiger partial charge in [0.15, 0.2) is 0 Å². The zero-order valence-electron chi connectivity index (χ0n) is 17.4. The molecule has 0 spiro atoms. The molecule has 0 heteroatoms. The molecule has 3 aromatic rings. The minimum Gasteiger partial charge on any atom is -0.0804 e. The molecule has 6 rings (SSSR count). The van der Waals surface area contributed by atoms with Crippen molar-refractivity contribution in [1.29, 1.82) is 0 Å². The molecule has 0 bridgehead atoms. The summed E-state index contributed by atoms with van der Waals surface area (Å²) in [6.07, 6.45) is 14.8. The van der Waals surface area contributed by atoms with Crippen molar-refractivity contribution in [2.75, 3.05) is 0 Å². The highest BCUT2D eigenvalue weighted by molar-refractivity contribution is 5.91. The van der Waals surface area contributed by atoms with E-state index in [4.69, 9.17) is 0 Å². The summed E-state index contributed by atoms with van der Waals surface area (Å²) >= 11 is 0. The molecule has 0 radical (unpaired) electrons. The van der Waals surface area contributed by atoms with Crippen molar-refractivity contribution in [2.24, 2.45) is 5.92 Å². The first-order valence-corrected chi connectivity index (χ1v) is 11.1. The third kappa shape index (κ3) is 2.99. The maximum absolute atomic E-state index is 2.35. The van der Waals surface area contributed by atoms with Crippen LogP contribution in [0.15, 0.2) is 133 Å². The normalized spacial score (nSPS) is 20.8. The standard InChI is InChI=1S/C31H24/c1-3-12-22(13-4-1)29(23-14-5-2-6-15-23)28-21-11-20-27-25-18-9-10-19-26(25)30(31(27)28)24-16-7-8-17-24/h1-16,18-21,30-31H,17H2. The molecule has 0 heterocycles. The molecule has 0 aromatic heterocycles. The average molecular weight is 397 g/mol. The SMILES string of the molecule is C1=CCC(C2c3ccccc3C3=CC=CC(=C(c4ccccc4)c4ccccc4)C32)=C1. The van der Waals surface area contributed by atoms with Crippen LogP contribution in [0.1, 0.15) is 34.6 Å². The highest BCUT2D eigenvalue weighted by atomic mass is 14.4. The van der Waals surface area contributed by atoms with Crippen LogP contribution in [0.4, 0.5) is 0 Å². The monoisotopic (exact) mass is 396 g/mol. The second kappa shape index (κ2) is 7.56. The van der Waals surface area contributed by atoms with Gasteiger partial charge in [-0.05, 0) is 45.4 Å². The first kappa shape index (κ1) is 18.2. The van der Waals surface area contributed by atoms with Crippen LogP contribution >= 0.6 is 0 Å². The molecular weight excluding hydrogens is 372 g/mol. The predicted molar refractivity (Wildman–Crippen MR) is 131 cm³/mol. The van der Waals surface area contributed by atoms with Gasteiger partial charge in [-0.15, -0.1) is 0 Å². The smallest absolute Gasteiger partial charge is 0.0208 e. The number of rotatable bonds is 3. The Balaban J connectivity index is 1.62. The van der Waals surface area contributed by atoms with Gasteiger partial charge in [0.2, 0.25) is 0 Å². The third-order valence-electron chi connectivity index (χ3n) is 6.77. The minimum atomic E-state index is 0.337. The van der Waals surface area contributed by atoms with Gasteiger partial charge in [-0.1, -0.05) is 127 Å². The van der Waals surface area contributed by atoms with Gasteiger partial charge in [0.25, 0.3) is 0 Å². The first-order valence-electron chi connectivity index (χ1n) is 11.1. The van der Waals surface area contributed by atoms with Crippen LogP contribution in [0.3, 0.4) is 0 Å². The van der Waals surface area contributed by atoms with E-state index in [1.807, 2.05) is 0 Å². The molecule has 3 aromatic carbocycles. The number of hydrogen-bond donors (Lipinski definition) is 0. The lowest BCUT2D eigenvalue weighted by atomic mass is 9.74. The molecule has 3 aliphatic rings. The second-order valence-corrected chi connectivity index (χ2v) is 8.46. The Hall–Kier alpha value is -3.64. The predicted octanol–water partition coefficient (Wildman–Crippen LogP) is 7.74. The van der Waals surface area contributed by atoms with Crippen molar-refractivity contribution in [3.63, 3.8) is 0 Å². The number of hydrogen-bond acceptors (Lipinski definition) is 0. The molecule has 0 aliphatic heterocycles. The molecule has 148 valence electrons. The summed E-state index contributed by atoms with van der Waals surface area (Å²) in [6, 6.07) is 30.8. The van der Waals surface area contributed by atoms with Crippen LogP contribution in [0.25, 0.3) is 11.1 Å².